The Bertz CT molecular complexity index is 312. The smallest absolute Gasteiger partial charge is 0.0184 e. The van der Waals surface area contributed by atoms with E-state index < -0.39 is 0 Å². The minimum Gasteiger partial charge on any atom is -0.314 e. The van der Waals surface area contributed by atoms with Crippen LogP contribution < -0.4 is 5.32 Å². The van der Waals surface area contributed by atoms with Gasteiger partial charge in [-0.05, 0) is 44.6 Å². The van der Waals surface area contributed by atoms with Crippen molar-refractivity contribution in [3.63, 3.8) is 0 Å². The molecule has 1 nitrogen and oxygen atoms in total. The van der Waals surface area contributed by atoms with Crippen molar-refractivity contribution in [3.05, 3.63) is 35.4 Å². The number of hydrogen-bond acceptors (Lipinski definition) is 2. The number of aryl methyl sites for hydroxylation is 1. The van der Waals surface area contributed by atoms with Crippen molar-refractivity contribution in [2.75, 3.05) is 12.3 Å². The van der Waals surface area contributed by atoms with E-state index in [-0.39, 0.29) is 0 Å². The molecule has 0 heterocycles. The van der Waals surface area contributed by atoms with Crippen molar-refractivity contribution < 1.29 is 0 Å². The van der Waals surface area contributed by atoms with Crippen LogP contribution in [0.5, 0.6) is 0 Å². The highest BCUT2D eigenvalue weighted by atomic mass is 32.2. The fourth-order valence-electron chi connectivity index (χ4n) is 1.74. The summed E-state index contributed by atoms with van der Waals surface area (Å²) in [5.41, 5.74) is 2.81. The summed E-state index contributed by atoms with van der Waals surface area (Å²) in [6.07, 6.45) is 2.48. The fraction of sp³-hybridized carbons (Fsp3) is 0.600. The molecule has 0 amide bonds. The SMILES string of the molecule is CCCNC(C)CCSCc1cccc(C)c1. The second kappa shape index (κ2) is 8.60. The monoisotopic (exact) mass is 251 g/mol. The molecule has 0 saturated carbocycles. The van der Waals surface area contributed by atoms with E-state index in [0.29, 0.717) is 6.04 Å². The molecule has 1 unspecified atom stereocenters. The van der Waals surface area contributed by atoms with Gasteiger partial charge < -0.3 is 5.32 Å². The van der Waals surface area contributed by atoms with Gasteiger partial charge in [-0.25, -0.2) is 0 Å². The Morgan fingerprint density at radius 2 is 2.18 bits per heavy atom. The Balaban J connectivity index is 2.11. The average Bonchev–Trinajstić information content (AvgIpc) is 2.32. The summed E-state index contributed by atoms with van der Waals surface area (Å²) in [6, 6.07) is 9.46. The third-order valence-electron chi connectivity index (χ3n) is 2.79. The molecule has 2 heteroatoms. The fourth-order valence-corrected chi connectivity index (χ4v) is 2.82. The molecule has 1 atom stereocenters. The summed E-state index contributed by atoms with van der Waals surface area (Å²) in [6.45, 7) is 7.80. The Kier molecular flexibility index (Phi) is 7.38. The molecule has 1 N–H and O–H groups in total. The van der Waals surface area contributed by atoms with Gasteiger partial charge in [0.05, 0.1) is 0 Å². The van der Waals surface area contributed by atoms with Gasteiger partial charge in [-0.1, -0.05) is 36.8 Å². The normalized spacial score (nSPS) is 12.6. The van der Waals surface area contributed by atoms with Crippen LogP contribution in [-0.4, -0.2) is 18.3 Å². The van der Waals surface area contributed by atoms with Crippen LogP contribution in [-0.2, 0) is 5.75 Å². The van der Waals surface area contributed by atoms with Crippen LogP contribution in [0.3, 0.4) is 0 Å². The molecule has 1 aromatic rings. The van der Waals surface area contributed by atoms with Crippen molar-refractivity contribution >= 4 is 11.8 Å². The van der Waals surface area contributed by atoms with E-state index in [9.17, 15) is 0 Å². The Hall–Kier alpha value is -0.470. The van der Waals surface area contributed by atoms with E-state index in [1.165, 1.54) is 29.7 Å². The highest BCUT2D eigenvalue weighted by molar-refractivity contribution is 7.98. The molecule has 0 aliphatic carbocycles. The highest BCUT2D eigenvalue weighted by Crippen LogP contribution is 2.14. The van der Waals surface area contributed by atoms with Gasteiger partial charge in [-0.2, -0.15) is 11.8 Å². The maximum atomic E-state index is 3.53. The molecule has 1 aromatic carbocycles. The second-order valence-corrected chi connectivity index (χ2v) is 5.79. The summed E-state index contributed by atoms with van der Waals surface area (Å²) in [5.74, 6) is 2.38. The predicted octanol–water partition coefficient (Wildman–Crippen LogP) is 4.01. The molecule has 0 radical (unpaired) electrons. The molecule has 0 fully saturated rings. The first-order valence-electron chi connectivity index (χ1n) is 6.59. The third-order valence-corrected chi connectivity index (χ3v) is 3.85. The molecule has 1 rings (SSSR count). The lowest BCUT2D eigenvalue weighted by Crippen LogP contribution is -2.27. The van der Waals surface area contributed by atoms with Crippen LogP contribution in [0, 0.1) is 6.92 Å². The largest absolute Gasteiger partial charge is 0.314 e. The van der Waals surface area contributed by atoms with Crippen LogP contribution in [0.15, 0.2) is 24.3 Å². The van der Waals surface area contributed by atoms with Crippen molar-refractivity contribution in [1.82, 2.24) is 5.32 Å². The molecule has 0 aliphatic heterocycles. The zero-order valence-electron chi connectivity index (χ0n) is 11.3. The minimum atomic E-state index is 0.653. The van der Waals surface area contributed by atoms with Crippen molar-refractivity contribution in [2.45, 2.75) is 45.4 Å². The summed E-state index contributed by atoms with van der Waals surface area (Å²) < 4.78 is 0. The predicted molar refractivity (Wildman–Crippen MR) is 79.7 cm³/mol. The molecular weight excluding hydrogens is 226 g/mol. The topological polar surface area (TPSA) is 12.0 Å². The van der Waals surface area contributed by atoms with E-state index in [2.05, 4.69) is 50.4 Å². The van der Waals surface area contributed by atoms with Crippen molar-refractivity contribution in [3.8, 4) is 0 Å². The highest BCUT2D eigenvalue weighted by Gasteiger charge is 2.00. The van der Waals surface area contributed by atoms with E-state index in [4.69, 9.17) is 0 Å². The first-order valence-corrected chi connectivity index (χ1v) is 7.74. The maximum Gasteiger partial charge on any atom is 0.0184 e. The van der Waals surface area contributed by atoms with Crippen LogP contribution >= 0.6 is 11.8 Å². The summed E-state index contributed by atoms with van der Waals surface area (Å²) in [4.78, 5) is 0. The first kappa shape index (κ1) is 14.6. The van der Waals surface area contributed by atoms with Gasteiger partial charge in [-0.15, -0.1) is 0 Å². The summed E-state index contributed by atoms with van der Waals surface area (Å²) in [5, 5.41) is 3.53. The Labute approximate surface area is 110 Å². The van der Waals surface area contributed by atoms with Gasteiger partial charge in [-0.3, -0.25) is 0 Å². The molecule has 0 aliphatic rings. The van der Waals surface area contributed by atoms with E-state index in [1.807, 2.05) is 11.8 Å². The zero-order valence-corrected chi connectivity index (χ0v) is 12.1. The van der Waals surface area contributed by atoms with Gasteiger partial charge in [0.15, 0.2) is 0 Å². The first-order chi connectivity index (χ1) is 8.22. The van der Waals surface area contributed by atoms with Crippen molar-refractivity contribution in [2.24, 2.45) is 0 Å². The summed E-state index contributed by atoms with van der Waals surface area (Å²) in [7, 11) is 0. The van der Waals surface area contributed by atoms with Crippen LogP contribution in [0.4, 0.5) is 0 Å². The Morgan fingerprint density at radius 3 is 2.88 bits per heavy atom. The Morgan fingerprint density at radius 1 is 1.35 bits per heavy atom. The lowest BCUT2D eigenvalue weighted by molar-refractivity contribution is 0.536. The van der Waals surface area contributed by atoms with Crippen molar-refractivity contribution in [1.29, 1.82) is 0 Å². The number of hydrogen-bond donors (Lipinski definition) is 1. The maximum absolute atomic E-state index is 3.53. The van der Waals surface area contributed by atoms with Gasteiger partial charge in [0, 0.05) is 11.8 Å². The number of nitrogens with one attached hydrogen (secondary N) is 1. The second-order valence-electron chi connectivity index (χ2n) is 4.69. The molecule has 17 heavy (non-hydrogen) atoms. The molecular formula is C15H25NS. The molecule has 0 spiro atoms. The molecule has 0 bridgehead atoms. The average molecular weight is 251 g/mol. The van der Waals surface area contributed by atoms with Crippen LogP contribution in [0.1, 0.15) is 37.8 Å². The standard InChI is InChI=1S/C15H25NS/c1-4-9-16-14(3)8-10-17-12-15-7-5-6-13(2)11-15/h5-7,11,14,16H,4,8-10,12H2,1-3H3. The zero-order chi connectivity index (χ0) is 12.5. The molecule has 96 valence electrons. The summed E-state index contributed by atoms with van der Waals surface area (Å²) >= 11 is 2.04. The van der Waals surface area contributed by atoms with E-state index >= 15 is 0 Å². The third kappa shape index (κ3) is 6.75. The lowest BCUT2D eigenvalue weighted by Gasteiger charge is -2.12. The van der Waals surface area contributed by atoms with Gasteiger partial charge in [0.2, 0.25) is 0 Å². The quantitative estimate of drug-likeness (QED) is 0.701. The van der Waals surface area contributed by atoms with Crippen LogP contribution in [0.2, 0.25) is 0 Å². The van der Waals surface area contributed by atoms with Crippen LogP contribution in [0.25, 0.3) is 0 Å². The number of rotatable bonds is 8. The number of benzene rings is 1. The van der Waals surface area contributed by atoms with Gasteiger partial charge in [0.25, 0.3) is 0 Å². The van der Waals surface area contributed by atoms with Gasteiger partial charge in [0.1, 0.15) is 0 Å². The lowest BCUT2D eigenvalue weighted by atomic mass is 10.2. The van der Waals surface area contributed by atoms with E-state index in [0.717, 1.165) is 12.3 Å². The molecule has 0 saturated heterocycles. The van der Waals surface area contributed by atoms with Gasteiger partial charge >= 0.3 is 0 Å². The molecule has 0 aromatic heterocycles. The number of thioether (sulfide) groups is 1. The van der Waals surface area contributed by atoms with E-state index in [1.54, 1.807) is 0 Å². The minimum absolute atomic E-state index is 0.653.